The number of nitrogens with one attached hydrogen (secondary N) is 1. The normalized spacial score (nSPS) is 27.7. The van der Waals surface area contributed by atoms with E-state index in [2.05, 4.69) is 26.1 Å². The number of quaternary nitrogens is 1. The molecule has 21 heavy (non-hydrogen) atoms. The smallest absolute Gasteiger partial charge is 0.334 e. The molecule has 0 spiro atoms. The van der Waals surface area contributed by atoms with Crippen LogP contribution in [0.4, 0.5) is 0 Å². The topological polar surface area (TPSA) is 43.1 Å². The van der Waals surface area contributed by atoms with Crippen molar-refractivity contribution in [3.05, 3.63) is 33.8 Å². The fourth-order valence-corrected chi connectivity index (χ4v) is 2.69. The summed E-state index contributed by atoms with van der Waals surface area (Å²) in [5, 5.41) is 4.78. The second kappa shape index (κ2) is 6.77. The number of rotatable bonds is 2. The van der Waals surface area contributed by atoms with Gasteiger partial charge in [0.2, 0.25) is 0 Å². The van der Waals surface area contributed by atoms with Gasteiger partial charge in [0.1, 0.15) is 0 Å². The average Bonchev–Trinajstić information content (AvgIpc) is 2.44. The van der Waals surface area contributed by atoms with Crippen LogP contribution in [0.25, 0.3) is 0 Å². The first-order chi connectivity index (χ1) is 9.88. The zero-order valence-corrected chi connectivity index (χ0v) is 13.8. The van der Waals surface area contributed by atoms with Crippen molar-refractivity contribution < 1.29 is 14.5 Å². The van der Waals surface area contributed by atoms with Crippen molar-refractivity contribution >= 4 is 34.9 Å². The summed E-state index contributed by atoms with van der Waals surface area (Å²) >= 11 is 11.7. The lowest BCUT2D eigenvalue weighted by molar-refractivity contribution is -0.908. The number of hydrogen-bond acceptors (Lipinski definition) is 3. The van der Waals surface area contributed by atoms with Crippen LogP contribution >= 0.6 is 23.2 Å². The fraction of sp³-hybridized carbons (Fsp3) is 0.467. The average molecular weight is 330 g/mol. The Labute approximate surface area is 134 Å². The van der Waals surface area contributed by atoms with Gasteiger partial charge in [0, 0.05) is 12.3 Å². The summed E-state index contributed by atoms with van der Waals surface area (Å²) in [6.45, 7) is 5.25. The largest absolute Gasteiger partial charge is 0.365 e. The van der Waals surface area contributed by atoms with E-state index in [1.165, 1.54) is 11.0 Å². The van der Waals surface area contributed by atoms with Crippen molar-refractivity contribution in [1.82, 2.24) is 0 Å². The van der Waals surface area contributed by atoms with E-state index in [1.54, 1.807) is 12.1 Å². The summed E-state index contributed by atoms with van der Waals surface area (Å²) in [5.41, 5.74) is 1.27. The Morgan fingerprint density at radius 2 is 2.05 bits per heavy atom. The molecular formula is C15H19Cl2N2O2+. The van der Waals surface area contributed by atoms with Gasteiger partial charge in [-0.05, 0) is 25.1 Å². The molecular weight excluding hydrogens is 311 g/mol. The highest BCUT2D eigenvalue weighted by atomic mass is 35.5. The van der Waals surface area contributed by atoms with E-state index in [4.69, 9.17) is 28.0 Å². The molecule has 114 valence electrons. The number of piperidine rings is 1. The summed E-state index contributed by atoms with van der Waals surface area (Å²) in [4.78, 5) is 18.5. The fourth-order valence-electron chi connectivity index (χ4n) is 2.39. The molecule has 1 unspecified atom stereocenters. The molecule has 1 aliphatic heterocycles. The molecule has 1 aromatic carbocycles. The molecule has 0 bridgehead atoms. The Kier molecular flexibility index (Phi) is 5.25. The lowest BCUT2D eigenvalue weighted by atomic mass is 9.93. The van der Waals surface area contributed by atoms with Gasteiger partial charge in [-0.3, -0.25) is 0 Å². The summed E-state index contributed by atoms with van der Waals surface area (Å²) < 4.78 is 0. The maximum Gasteiger partial charge on any atom is 0.365 e. The van der Waals surface area contributed by atoms with Gasteiger partial charge in [-0.1, -0.05) is 35.3 Å². The van der Waals surface area contributed by atoms with E-state index >= 15 is 0 Å². The number of carbonyl (C=O) groups is 1. The van der Waals surface area contributed by atoms with E-state index in [-0.39, 0.29) is 0 Å². The first-order valence-electron chi connectivity index (χ1n) is 6.94. The third kappa shape index (κ3) is 3.96. The lowest BCUT2D eigenvalue weighted by Gasteiger charge is -2.31. The second-order valence-electron chi connectivity index (χ2n) is 5.65. The molecule has 1 fully saturated rings. The molecule has 6 heteroatoms. The first kappa shape index (κ1) is 16.3. The molecule has 1 heterocycles. The molecule has 1 aromatic rings. The van der Waals surface area contributed by atoms with E-state index in [0.29, 0.717) is 27.6 Å². The second-order valence-corrected chi connectivity index (χ2v) is 6.46. The standard InChI is InChI=1S/C15H18Cl2N2O2/c1-9-8-19(3)10(2)6-14(9)18-21-15(20)11-4-5-12(16)13(17)7-11/h4-5,7,9-10H,6,8H2,1-3H3/p+1/b18-14-/t9-,10-/m0/s1. The van der Waals surface area contributed by atoms with Crippen molar-refractivity contribution in [3.63, 3.8) is 0 Å². The van der Waals surface area contributed by atoms with Gasteiger partial charge in [-0.15, -0.1) is 0 Å². The van der Waals surface area contributed by atoms with Gasteiger partial charge in [0.25, 0.3) is 0 Å². The quantitative estimate of drug-likeness (QED) is 0.669. The Morgan fingerprint density at radius 1 is 1.33 bits per heavy atom. The van der Waals surface area contributed by atoms with E-state index < -0.39 is 5.97 Å². The number of halogens is 2. The maximum atomic E-state index is 12.0. The molecule has 4 nitrogen and oxygen atoms in total. The Balaban J connectivity index is 2.05. The molecule has 0 radical (unpaired) electrons. The third-order valence-corrected chi connectivity index (χ3v) is 4.69. The van der Waals surface area contributed by atoms with Gasteiger partial charge >= 0.3 is 5.97 Å². The highest BCUT2D eigenvalue weighted by Gasteiger charge is 2.29. The number of nitrogens with zero attached hydrogens (tertiary/aromatic N) is 1. The number of benzene rings is 1. The predicted molar refractivity (Wildman–Crippen MR) is 84.3 cm³/mol. The summed E-state index contributed by atoms with van der Waals surface area (Å²) in [7, 11) is 2.17. The lowest BCUT2D eigenvalue weighted by Crippen LogP contribution is -3.14. The predicted octanol–water partition coefficient (Wildman–Crippen LogP) is 2.45. The minimum absolute atomic E-state index is 0.308. The van der Waals surface area contributed by atoms with Crippen molar-refractivity contribution in [3.8, 4) is 0 Å². The van der Waals surface area contributed by atoms with Crippen molar-refractivity contribution in [2.75, 3.05) is 13.6 Å². The maximum absolute atomic E-state index is 12.0. The Bertz CT molecular complexity index is 575. The number of likely N-dealkylation sites (tertiary alicyclic amines) is 1. The summed E-state index contributed by atoms with van der Waals surface area (Å²) in [5.74, 6) is -0.213. The van der Waals surface area contributed by atoms with Crippen molar-refractivity contribution in [2.45, 2.75) is 26.3 Å². The number of oxime groups is 1. The van der Waals surface area contributed by atoms with Crippen LogP contribution in [0.2, 0.25) is 10.0 Å². The molecule has 0 saturated carbocycles. The van der Waals surface area contributed by atoms with Crippen molar-refractivity contribution in [2.24, 2.45) is 11.1 Å². The number of hydrogen-bond donors (Lipinski definition) is 1. The van der Waals surface area contributed by atoms with Crippen LogP contribution in [-0.4, -0.2) is 31.3 Å². The molecule has 3 atom stereocenters. The van der Waals surface area contributed by atoms with E-state index in [9.17, 15) is 4.79 Å². The number of carbonyl (C=O) groups excluding carboxylic acids is 1. The van der Waals surface area contributed by atoms with Gasteiger partial charge in [0.05, 0.1) is 41.0 Å². The molecule has 1 aliphatic rings. The van der Waals surface area contributed by atoms with Crippen LogP contribution in [0.3, 0.4) is 0 Å². The monoisotopic (exact) mass is 329 g/mol. The molecule has 1 saturated heterocycles. The van der Waals surface area contributed by atoms with Gasteiger partial charge in [-0.2, -0.15) is 0 Å². The van der Waals surface area contributed by atoms with Crippen LogP contribution in [0.15, 0.2) is 23.4 Å². The minimum Gasteiger partial charge on any atom is -0.334 e. The molecule has 1 N–H and O–H groups in total. The van der Waals surface area contributed by atoms with E-state index in [1.807, 2.05) is 0 Å². The zero-order valence-electron chi connectivity index (χ0n) is 12.3. The van der Waals surface area contributed by atoms with Crippen LogP contribution in [-0.2, 0) is 4.84 Å². The molecule has 0 aliphatic carbocycles. The van der Waals surface area contributed by atoms with Crippen LogP contribution < -0.4 is 4.90 Å². The zero-order chi connectivity index (χ0) is 15.6. The SMILES string of the molecule is C[C@H]1C[NH+](C)[C@@H](C)C/C1=N/OC(=O)c1ccc(Cl)c(Cl)c1. The van der Waals surface area contributed by atoms with Gasteiger partial charge in [0.15, 0.2) is 0 Å². The van der Waals surface area contributed by atoms with Gasteiger partial charge in [-0.25, -0.2) is 4.79 Å². The molecule has 2 rings (SSSR count). The summed E-state index contributed by atoms with van der Waals surface area (Å²) in [6.07, 6.45) is 0.835. The first-order valence-corrected chi connectivity index (χ1v) is 7.69. The van der Waals surface area contributed by atoms with Crippen LogP contribution in [0.1, 0.15) is 30.6 Å². The Hall–Kier alpha value is -1.10. The van der Waals surface area contributed by atoms with Crippen LogP contribution in [0.5, 0.6) is 0 Å². The molecule has 0 amide bonds. The third-order valence-electron chi connectivity index (χ3n) is 3.95. The van der Waals surface area contributed by atoms with Crippen LogP contribution in [0, 0.1) is 5.92 Å². The van der Waals surface area contributed by atoms with Gasteiger partial charge < -0.3 is 9.74 Å². The summed E-state index contributed by atoms with van der Waals surface area (Å²) in [6, 6.07) is 5.10. The van der Waals surface area contributed by atoms with Crippen molar-refractivity contribution in [1.29, 1.82) is 0 Å². The molecule has 0 aromatic heterocycles. The highest BCUT2D eigenvalue weighted by Crippen LogP contribution is 2.23. The Morgan fingerprint density at radius 3 is 2.71 bits per heavy atom. The highest BCUT2D eigenvalue weighted by molar-refractivity contribution is 6.42. The van der Waals surface area contributed by atoms with E-state index in [0.717, 1.165) is 18.7 Å². The minimum atomic E-state index is -0.521.